The van der Waals surface area contributed by atoms with Gasteiger partial charge in [0.2, 0.25) is 0 Å². The fourth-order valence-corrected chi connectivity index (χ4v) is 6.63. The highest BCUT2D eigenvalue weighted by Gasteiger charge is 2.02. The Kier molecular flexibility index (Phi) is 7.76. The van der Waals surface area contributed by atoms with E-state index in [1.165, 1.54) is 43.4 Å². The monoisotopic (exact) mass is 655 g/mol. The van der Waals surface area contributed by atoms with Crippen molar-refractivity contribution in [2.75, 3.05) is 0 Å². The van der Waals surface area contributed by atoms with Gasteiger partial charge in [-0.3, -0.25) is 0 Å². The number of aromatic nitrogens is 5. The number of aromatic amines is 3. The summed E-state index contributed by atoms with van der Waals surface area (Å²) in [6, 6.07) is 54.5. The number of para-hydroxylation sites is 2. The average molecular weight is 656 g/mol. The van der Waals surface area contributed by atoms with Crippen LogP contribution in [-0.4, -0.2) is 24.9 Å². The van der Waals surface area contributed by atoms with Crippen molar-refractivity contribution in [1.82, 2.24) is 24.9 Å². The Labute approximate surface area is 294 Å². The summed E-state index contributed by atoms with van der Waals surface area (Å²) in [4.78, 5) is 19.4. The van der Waals surface area contributed by atoms with E-state index in [9.17, 15) is 0 Å². The molecule has 8 bridgehead atoms. The third kappa shape index (κ3) is 6.56. The summed E-state index contributed by atoms with van der Waals surface area (Å²) in [5.41, 5.74) is 10.3. The molecule has 0 amide bonds. The van der Waals surface area contributed by atoms with Crippen molar-refractivity contribution >= 4 is 89.7 Å². The van der Waals surface area contributed by atoms with E-state index >= 15 is 0 Å². The summed E-state index contributed by atoms with van der Waals surface area (Å²) in [6.07, 6.45) is 8.09. The largest absolute Gasteiger partial charge is 0.355 e. The zero-order chi connectivity index (χ0) is 34.0. The molecule has 0 saturated carbocycles. The van der Waals surface area contributed by atoms with E-state index in [2.05, 4.69) is 158 Å². The van der Waals surface area contributed by atoms with Crippen molar-refractivity contribution in [3.8, 4) is 0 Å². The van der Waals surface area contributed by atoms with Crippen molar-refractivity contribution in [1.29, 1.82) is 0 Å². The van der Waals surface area contributed by atoms with Crippen LogP contribution in [-0.2, 0) is 0 Å². The first-order chi connectivity index (χ1) is 25.2. The molecule has 6 heterocycles. The van der Waals surface area contributed by atoms with Gasteiger partial charge in [0.15, 0.2) is 0 Å². The van der Waals surface area contributed by atoms with E-state index in [1.807, 2.05) is 48.6 Å². The molecule has 2 aliphatic rings. The van der Waals surface area contributed by atoms with Crippen LogP contribution in [0.25, 0.3) is 89.7 Å². The first-order valence-corrected chi connectivity index (χ1v) is 17.1. The highest BCUT2D eigenvalue weighted by atomic mass is 14.8. The lowest BCUT2D eigenvalue weighted by atomic mass is 10.0. The van der Waals surface area contributed by atoms with Crippen LogP contribution < -0.4 is 0 Å². The standard InChI is InChI=1S/C20H14N4.C14H10.C12H9N/c1-2-14-10-16-5-6-18(23-16)12-20-8-7-19(24-20)11-17-4-3-15(22-17)9-13(1)21-14;1-2-6-12-10-14-8-4-3-7-13(14)9-11(12)5-1;1-3-7-11-9(5-1)10-6-2-4-8-12(10)13-11/h1-12,21,24H;1-10H;1-8,13H. The van der Waals surface area contributed by atoms with Gasteiger partial charge in [-0.15, -0.1) is 0 Å². The van der Waals surface area contributed by atoms with Crippen molar-refractivity contribution in [2.45, 2.75) is 0 Å². The second kappa shape index (κ2) is 13.1. The molecule has 4 aromatic heterocycles. The Balaban J connectivity index is 0.000000110. The normalized spacial score (nSPS) is 11.8. The van der Waals surface area contributed by atoms with E-state index in [0.29, 0.717) is 0 Å². The third-order valence-corrected chi connectivity index (χ3v) is 9.07. The summed E-state index contributed by atoms with van der Waals surface area (Å²) in [5, 5.41) is 7.85. The molecule has 0 aliphatic carbocycles. The molecule has 51 heavy (non-hydrogen) atoms. The number of hydrogen-bond donors (Lipinski definition) is 3. The first kappa shape index (κ1) is 30.1. The minimum absolute atomic E-state index is 0.939. The highest BCUT2D eigenvalue weighted by Crippen LogP contribution is 2.25. The lowest BCUT2D eigenvalue weighted by Crippen LogP contribution is -1.75. The van der Waals surface area contributed by atoms with E-state index in [0.717, 1.165) is 44.8 Å². The van der Waals surface area contributed by atoms with Gasteiger partial charge in [0.25, 0.3) is 0 Å². The summed E-state index contributed by atoms with van der Waals surface area (Å²) in [5.74, 6) is 0. The molecule has 0 radical (unpaired) electrons. The van der Waals surface area contributed by atoms with Gasteiger partial charge in [-0.05, 0) is 119 Å². The van der Waals surface area contributed by atoms with E-state index < -0.39 is 0 Å². The number of nitrogens with zero attached hydrogens (tertiary/aromatic N) is 2. The van der Waals surface area contributed by atoms with Crippen LogP contribution in [0.1, 0.15) is 22.8 Å². The topological polar surface area (TPSA) is 73.2 Å². The predicted molar refractivity (Wildman–Crippen MR) is 216 cm³/mol. The van der Waals surface area contributed by atoms with Gasteiger partial charge in [0.1, 0.15) is 0 Å². The second-order valence-electron chi connectivity index (χ2n) is 12.7. The molecule has 0 atom stereocenters. The van der Waals surface area contributed by atoms with Crippen LogP contribution in [0.2, 0.25) is 0 Å². The minimum atomic E-state index is 0.939. The quantitative estimate of drug-likeness (QED) is 0.142. The maximum absolute atomic E-state index is 4.63. The van der Waals surface area contributed by atoms with E-state index in [4.69, 9.17) is 0 Å². The zero-order valence-corrected chi connectivity index (χ0v) is 27.7. The average Bonchev–Trinajstić information content (AvgIpc) is 4.02. The molecule has 5 heteroatoms. The number of hydrogen-bond acceptors (Lipinski definition) is 2. The molecule has 0 saturated heterocycles. The van der Waals surface area contributed by atoms with Crippen LogP contribution in [0.15, 0.2) is 158 Å². The molecule has 242 valence electrons. The van der Waals surface area contributed by atoms with E-state index in [-0.39, 0.29) is 0 Å². The number of benzene rings is 5. The third-order valence-electron chi connectivity index (χ3n) is 9.07. The molecule has 0 unspecified atom stereocenters. The molecule has 3 N–H and O–H groups in total. The van der Waals surface area contributed by atoms with Gasteiger partial charge >= 0.3 is 0 Å². The second-order valence-corrected chi connectivity index (χ2v) is 12.7. The number of fused-ring (bicyclic) bond motifs is 13. The van der Waals surface area contributed by atoms with Crippen LogP contribution in [0.4, 0.5) is 0 Å². The van der Waals surface area contributed by atoms with Gasteiger partial charge in [0.05, 0.1) is 22.8 Å². The highest BCUT2D eigenvalue weighted by molar-refractivity contribution is 6.07. The fourth-order valence-electron chi connectivity index (χ4n) is 6.63. The zero-order valence-electron chi connectivity index (χ0n) is 27.7. The molecular weight excluding hydrogens is 623 g/mol. The molecule has 11 rings (SSSR count). The molecular formula is C46H33N5. The molecule has 0 fully saturated rings. The Morgan fingerprint density at radius 1 is 0.294 bits per heavy atom. The van der Waals surface area contributed by atoms with Crippen molar-refractivity contribution in [3.63, 3.8) is 0 Å². The smallest absolute Gasteiger partial charge is 0.0658 e. The molecule has 5 nitrogen and oxygen atoms in total. The SMILES string of the molecule is C1=Cc2cc3ccc(cc4nc(cc5ccc(cc1n2)[nH]5)C=C4)[nH]3.c1ccc2c(c1)[nH]c1ccccc12.c1ccc2cc3ccccc3cc2c1. The lowest BCUT2D eigenvalue weighted by Gasteiger charge is -2.00. The lowest BCUT2D eigenvalue weighted by molar-refractivity contribution is 1.31. The summed E-state index contributed by atoms with van der Waals surface area (Å²) >= 11 is 0. The fraction of sp³-hybridized carbons (Fsp3) is 0. The van der Waals surface area contributed by atoms with Crippen LogP contribution in [0.3, 0.4) is 0 Å². The van der Waals surface area contributed by atoms with Gasteiger partial charge in [-0.1, -0.05) is 84.9 Å². The van der Waals surface area contributed by atoms with Crippen molar-refractivity contribution < 1.29 is 0 Å². The Morgan fingerprint density at radius 2 is 0.608 bits per heavy atom. The summed E-state index contributed by atoms with van der Waals surface area (Å²) in [7, 11) is 0. The number of rotatable bonds is 0. The van der Waals surface area contributed by atoms with Gasteiger partial charge in [-0.25, -0.2) is 9.97 Å². The maximum Gasteiger partial charge on any atom is 0.0658 e. The van der Waals surface area contributed by atoms with E-state index in [1.54, 1.807) is 0 Å². The summed E-state index contributed by atoms with van der Waals surface area (Å²) in [6.45, 7) is 0. The van der Waals surface area contributed by atoms with Crippen molar-refractivity contribution in [2.24, 2.45) is 0 Å². The van der Waals surface area contributed by atoms with Crippen LogP contribution in [0.5, 0.6) is 0 Å². The first-order valence-electron chi connectivity index (χ1n) is 17.1. The van der Waals surface area contributed by atoms with Crippen LogP contribution >= 0.6 is 0 Å². The Morgan fingerprint density at radius 3 is 0.961 bits per heavy atom. The number of H-pyrrole nitrogens is 3. The van der Waals surface area contributed by atoms with Crippen molar-refractivity contribution in [3.05, 3.63) is 181 Å². The maximum atomic E-state index is 4.63. The predicted octanol–water partition coefficient (Wildman–Crippen LogP) is 12.0. The summed E-state index contributed by atoms with van der Waals surface area (Å²) < 4.78 is 0. The number of nitrogens with one attached hydrogen (secondary N) is 3. The molecule has 5 aromatic carbocycles. The van der Waals surface area contributed by atoms with Gasteiger partial charge < -0.3 is 15.0 Å². The Hall–Kier alpha value is -6.98. The van der Waals surface area contributed by atoms with Gasteiger partial charge in [-0.2, -0.15) is 0 Å². The molecule has 0 spiro atoms. The van der Waals surface area contributed by atoms with Crippen LogP contribution in [0, 0.1) is 0 Å². The van der Waals surface area contributed by atoms with Gasteiger partial charge in [0, 0.05) is 43.9 Å². The molecule has 9 aromatic rings. The Bertz CT molecular complexity index is 2610. The molecule has 2 aliphatic heterocycles. The minimum Gasteiger partial charge on any atom is -0.355 e.